The van der Waals surface area contributed by atoms with E-state index in [1.807, 2.05) is 13.0 Å². The number of benzene rings is 1. The van der Waals surface area contributed by atoms with Crippen LogP contribution >= 0.6 is 0 Å². The van der Waals surface area contributed by atoms with Crippen molar-refractivity contribution in [1.29, 1.82) is 0 Å². The standard InChI is InChI=1S/C15H19NO/c1-2-15(17)11-3-4-14-12(7-11)5-10-6-13(14)9-16-8-10/h3-4,7,10,13,16H,2,5-6,8-9H2,1H3. The minimum atomic E-state index is 0.265. The van der Waals surface area contributed by atoms with E-state index in [1.165, 1.54) is 17.5 Å². The molecule has 0 saturated carbocycles. The molecular weight excluding hydrogens is 210 g/mol. The van der Waals surface area contributed by atoms with Crippen LogP contribution in [0.3, 0.4) is 0 Å². The molecule has 1 fully saturated rings. The molecule has 0 amide bonds. The Hall–Kier alpha value is -1.15. The fraction of sp³-hybridized carbons (Fsp3) is 0.533. The molecule has 0 aromatic heterocycles. The van der Waals surface area contributed by atoms with Gasteiger partial charge in [0.15, 0.2) is 5.78 Å². The van der Waals surface area contributed by atoms with Crippen molar-refractivity contribution in [2.75, 3.05) is 13.1 Å². The largest absolute Gasteiger partial charge is 0.316 e. The van der Waals surface area contributed by atoms with Crippen molar-refractivity contribution >= 4 is 5.78 Å². The highest BCUT2D eigenvalue weighted by molar-refractivity contribution is 5.96. The van der Waals surface area contributed by atoms with E-state index < -0.39 is 0 Å². The Bertz CT molecular complexity index is 452. The van der Waals surface area contributed by atoms with Crippen molar-refractivity contribution in [1.82, 2.24) is 5.32 Å². The second-order valence-electron chi connectivity index (χ2n) is 5.35. The summed E-state index contributed by atoms with van der Waals surface area (Å²) in [5, 5.41) is 3.51. The van der Waals surface area contributed by atoms with Gasteiger partial charge in [-0.15, -0.1) is 0 Å². The molecule has 0 spiro atoms. The van der Waals surface area contributed by atoms with E-state index in [2.05, 4.69) is 17.4 Å². The van der Waals surface area contributed by atoms with Gasteiger partial charge in [-0.25, -0.2) is 0 Å². The molecule has 2 nitrogen and oxygen atoms in total. The second-order valence-corrected chi connectivity index (χ2v) is 5.35. The van der Waals surface area contributed by atoms with Crippen LogP contribution in [0.25, 0.3) is 0 Å². The van der Waals surface area contributed by atoms with Crippen molar-refractivity contribution in [3.8, 4) is 0 Å². The van der Waals surface area contributed by atoms with E-state index in [1.54, 1.807) is 0 Å². The van der Waals surface area contributed by atoms with Gasteiger partial charge >= 0.3 is 0 Å². The zero-order valence-corrected chi connectivity index (χ0v) is 10.3. The molecule has 2 bridgehead atoms. The number of carbonyl (C=O) groups excluding carboxylic acids is 1. The van der Waals surface area contributed by atoms with Crippen molar-refractivity contribution in [2.24, 2.45) is 5.92 Å². The van der Waals surface area contributed by atoms with Gasteiger partial charge in [-0.1, -0.05) is 19.1 Å². The predicted octanol–water partition coefficient (Wildman–Crippen LogP) is 2.53. The molecule has 1 N–H and O–H groups in total. The zero-order chi connectivity index (χ0) is 11.8. The van der Waals surface area contributed by atoms with E-state index in [9.17, 15) is 4.79 Å². The third-order valence-electron chi connectivity index (χ3n) is 4.18. The Balaban J connectivity index is 1.98. The van der Waals surface area contributed by atoms with Crippen LogP contribution in [-0.4, -0.2) is 18.9 Å². The summed E-state index contributed by atoms with van der Waals surface area (Å²) in [6, 6.07) is 6.34. The number of hydrogen-bond donors (Lipinski definition) is 1. The van der Waals surface area contributed by atoms with E-state index in [-0.39, 0.29) is 5.78 Å². The lowest BCUT2D eigenvalue weighted by Gasteiger charge is -2.36. The lowest BCUT2D eigenvalue weighted by atomic mass is 9.74. The number of carbonyl (C=O) groups is 1. The van der Waals surface area contributed by atoms with Crippen molar-refractivity contribution < 1.29 is 4.79 Å². The highest BCUT2D eigenvalue weighted by Crippen LogP contribution is 2.37. The SMILES string of the molecule is CCC(=O)c1ccc2c(c1)CC1CNCC2C1. The molecule has 2 heteroatoms. The van der Waals surface area contributed by atoms with Gasteiger partial charge in [0.1, 0.15) is 0 Å². The normalized spacial score (nSPS) is 26.4. The molecule has 2 atom stereocenters. The first-order chi connectivity index (χ1) is 8.28. The van der Waals surface area contributed by atoms with Crippen molar-refractivity contribution in [2.45, 2.75) is 32.1 Å². The Kier molecular flexibility index (Phi) is 2.75. The predicted molar refractivity (Wildman–Crippen MR) is 68.5 cm³/mol. The monoisotopic (exact) mass is 229 g/mol. The highest BCUT2D eigenvalue weighted by Gasteiger charge is 2.30. The Morgan fingerprint density at radius 1 is 1.41 bits per heavy atom. The summed E-state index contributed by atoms with van der Waals surface area (Å²) in [5.74, 6) is 1.71. The smallest absolute Gasteiger partial charge is 0.162 e. The van der Waals surface area contributed by atoms with Gasteiger partial charge in [-0.2, -0.15) is 0 Å². The van der Waals surface area contributed by atoms with Crippen LogP contribution in [0.1, 0.15) is 47.2 Å². The molecule has 1 aromatic carbocycles. The summed E-state index contributed by atoms with van der Waals surface area (Å²) in [6.45, 7) is 4.17. The van der Waals surface area contributed by atoms with E-state index in [4.69, 9.17) is 0 Å². The third-order valence-corrected chi connectivity index (χ3v) is 4.18. The maximum absolute atomic E-state index is 11.7. The molecule has 1 aliphatic heterocycles. The lowest BCUT2D eigenvalue weighted by Crippen LogP contribution is -2.39. The number of hydrogen-bond acceptors (Lipinski definition) is 2. The van der Waals surface area contributed by atoms with E-state index in [0.717, 1.165) is 31.0 Å². The van der Waals surface area contributed by atoms with Crippen LogP contribution in [0.5, 0.6) is 0 Å². The molecule has 2 aliphatic rings. The first-order valence-corrected chi connectivity index (χ1v) is 6.64. The quantitative estimate of drug-likeness (QED) is 0.790. The van der Waals surface area contributed by atoms with Gasteiger partial charge in [0.25, 0.3) is 0 Å². The van der Waals surface area contributed by atoms with E-state index >= 15 is 0 Å². The summed E-state index contributed by atoms with van der Waals surface area (Å²) >= 11 is 0. The number of ketones is 1. The number of nitrogens with one attached hydrogen (secondary N) is 1. The molecule has 0 radical (unpaired) electrons. The van der Waals surface area contributed by atoms with Crippen molar-refractivity contribution in [3.63, 3.8) is 0 Å². The highest BCUT2D eigenvalue weighted by atomic mass is 16.1. The second kappa shape index (κ2) is 4.26. The number of fused-ring (bicyclic) bond motifs is 4. The topological polar surface area (TPSA) is 29.1 Å². The number of rotatable bonds is 2. The van der Waals surface area contributed by atoms with Gasteiger partial charge in [-0.3, -0.25) is 4.79 Å². The molecule has 1 heterocycles. The fourth-order valence-electron chi connectivity index (χ4n) is 3.29. The average Bonchev–Trinajstić information content (AvgIpc) is 2.37. The summed E-state index contributed by atoms with van der Waals surface area (Å²) in [7, 11) is 0. The van der Waals surface area contributed by atoms with Crippen LogP contribution in [0.2, 0.25) is 0 Å². The van der Waals surface area contributed by atoms with Gasteiger partial charge in [0, 0.05) is 18.5 Å². The first-order valence-electron chi connectivity index (χ1n) is 6.64. The summed E-state index contributed by atoms with van der Waals surface area (Å²) in [5.41, 5.74) is 3.80. The van der Waals surface area contributed by atoms with Crippen LogP contribution < -0.4 is 5.32 Å². The molecule has 1 aromatic rings. The summed E-state index contributed by atoms with van der Waals surface area (Å²) in [6.07, 6.45) is 3.07. The van der Waals surface area contributed by atoms with Crippen LogP contribution in [0, 0.1) is 5.92 Å². The molecule has 3 rings (SSSR count). The maximum atomic E-state index is 11.7. The lowest BCUT2D eigenvalue weighted by molar-refractivity contribution is 0.0988. The van der Waals surface area contributed by atoms with Crippen molar-refractivity contribution in [3.05, 3.63) is 34.9 Å². The fourth-order valence-corrected chi connectivity index (χ4v) is 3.29. The Morgan fingerprint density at radius 2 is 2.29 bits per heavy atom. The first kappa shape index (κ1) is 11.0. The van der Waals surface area contributed by atoms with Crippen LogP contribution in [0.15, 0.2) is 18.2 Å². The van der Waals surface area contributed by atoms with Gasteiger partial charge in [0.05, 0.1) is 0 Å². The van der Waals surface area contributed by atoms with Gasteiger partial charge in [-0.05, 0) is 48.4 Å². The van der Waals surface area contributed by atoms with Gasteiger partial charge < -0.3 is 5.32 Å². The van der Waals surface area contributed by atoms with E-state index in [0.29, 0.717) is 12.3 Å². The van der Waals surface area contributed by atoms with Crippen LogP contribution in [-0.2, 0) is 6.42 Å². The summed E-state index contributed by atoms with van der Waals surface area (Å²) in [4.78, 5) is 11.7. The van der Waals surface area contributed by atoms with Crippen LogP contribution in [0.4, 0.5) is 0 Å². The number of piperidine rings is 1. The Labute approximate surface area is 102 Å². The summed E-state index contributed by atoms with van der Waals surface area (Å²) < 4.78 is 0. The molecule has 1 aliphatic carbocycles. The average molecular weight is 229 g/mol. The minimum absolute atomic E-state index is 0.265. The number of Topliss-reactive ketones (excluding diaryl/α,β-unsaturated/α-hetero) is 1. The minimum Gasteiger partial charge on any atom is -0.316 e. The molecule has 2 unspecified atom stereocenters. The maximum Gasteiger partial charge on any atom is 0.162 e. The molecule has 1 saturated heterocycles. The van der Waals surface area contributed by atoms with Gasteiger partial charge in [0.2, 0.25) is 0 Å². The Morgan fingerprint density at radius 3 is 3.12 bits per heavy atom. The zero-order valence-electron chi connectivity index (χ0n) is 10.3. The molecular formula is C15H19NO. The third kappa shape index (κ3) is 1.91. The molecule has 90 valence electrons. The molecule has 17 heavy (non-hydrogen) atoms.